The Bertz CT molecular complexity index is 519. The second kappa shape index (κ2) is 5.34. The van der Waals surface area contributed by atoms with Gasteiger partial charge in [-0.15, -0.1) is 0 Å². The second-order valence-electron chi connectivity index (χ2n) is 4.30. The molecule has 0 saturated carbocycles. The summed E-state index contributed by atoms with van der Waals surface area (Å²) in [7, 11) is 0. The maximum absolute atomic E-state index is 12.4. The molecule has 19 heavy (non-hydrogen) atoms. The summed E-state index contributed by atoms with van der Waals surface area (Å²) in [6.45, 7) is 2.31. The van der Waals surface area contributed by atoms with E-state index in [1.807, 2.05) is 37.3 Å². The van der Waals surface area contributed by atoms with Gasteiger partial charge in [-0.3, -0.25) is 4.68 Å². The standard InChI is InChI=1S/C13H14F3N3/c1-10(7-17-12-5-3-2-4-6-12)19-9-11(8-18-19)13(14,15)16/h2-6,8-10,17H,7H2,1H3. The molecule has 1 atom stereocenters. The van der Waals surface area contributed by atoms with Crippen LogP contribution in [0.4, 0.5) is 18.9 Å². The first kappa shape index (κ1) is 13.5. The van der Waals surface area contributed by atoms with Crippen molar-refractivity contribution in [1.82, 2.24) is 9.78 Å². The van der Waals surface area contributed by atoms with Crippen molar-refractivity contribution < 1.29 is 13.2 Å². The van der Waals surface area contributed by atoms with Gasteiger partial charge in [-0.05, 0) is 19.1 Å². The Labute approximate surface area is 109 Å². The molecule has 0 aliphatic rings. The molecule has 0 spiro atoms. The summed E-state index contributed by atoms with van der Waals surface area (Å²) in [6, 6.07) is 9.31. The number of aromatic nitrogens is 2. The fourth-order valence-electron chi connectivity index (χ4n) is 1.64. The van der Waals surface area contributed by atoms with Gasteiger partial charge < -0.3 is 5.32 Å². The Morgan fingerprint density at radius 3 is 2.53 bits per heavy atom. The minimum atomic E-state index is -4.34. The predicted octanol–water partition coefficient (Wildman–Crippen LogP) is 3.58. The number of rotatable bonds is 4. The molecule has 2 aromatic rings. The van der Waals surface area contributed by atoms with Gasteiger partial charge in [-0.25, -0.2) is 0 Å². The van der Waals surface area contributed by atoms with E-state index in [0.29, 0.717) is 6.54 Å². The molecule has 0 aliphatic carbocycles. The topological polar surface area (TPSA) is 29.9 Å². The van der Waals surface area contributed by atoms with Crippen LogP contribution in [0.3, 0.4) is 0 Å². The van der Waals surface area contributed by atoms with E-state index in [2.05, 4.69) is 10.4 Å². The number of hydrogen-bond acceptors (Lipinski definition) is 2. The van der Waals surface area contributed by atoms with E-state index >= 15 is 0 Å². The van der Waals surface area contributed by atoms with Crippen LogP contribution in [-0.4, -0.2) is 16.3 Å². The lowest BCUT2D eigenvalue weighted by Gasteiger charge is -2.14. The van der Waals surface area contributed by atoms with Crippen molar-refractivity contribution in [3.05, 3.63) is 48.3 Å². The molecule has 0 saturated heterocycles. The molecular weight excluding hydrogens is 255 g/mol. The Morgan fingerprint density at radius 2 is 1.95 bits per heavy atom. The second-order valence-corrected chi connectivity index (χ2v) is 4.30. The minimum Gasteiger partial charge on any atom is -0.383 e. The van der Waals surface area contributed by atoms with Crippen molar-refractivity contribution in [3.8, 4) is 0 Å². The highest BCUT2D eigenvalue weighted by Gasteiger charge is 2.32. The van der Waals surface area contributed by atoms with E-state index in [-0.39, 0.29) is 6.04 Å². The van der Waals surface area contributed by atoms with E-state index in [1.165, 1.54) is 4.68 Å². The Morgan fingerprint density at radius 1 is 1.26 bits per heavy atom. The van der Waals surface area contributed by atoms with Gasteiger partial charge in [-0.1, -0.05) is 18.2 Å². The molecule has 0 bridgehead atoms. The van der Waals surface area contributed by atoms with E-state index in [4.69, 9.17) is 0 Å². The van der Waals surface area contributed by atoms with Gasteiger partial charge in [0.25, 0.3) is 0 Å². The van der Waals surface area contributed by atoms with Crippen LogP contribution in [0.25, 0.3) is 0 Å². The first-order chi connectivity index (χ1) is 8.97. The highest BCUT2D eigenvalue weighted by Crippen LogP contribution is 2.29. The van der Waals surface area contributed by atoms with Crippen molar-refractivity contribution in [2.24, 2.45) is 0 Å². The van der Waals surface area contributed by atoms with Crippen LogP contribution < -0.4 is 5.32 Å². The van der Waals surface area contributed by atoms with Gasteiger partial charge in [0.15, 0.2) is 0 Å². The summed E-state index contributed by atoms with van der Waals surface area (Å²) in [5, 5.41) is 6.90. The molecule has 0 aliphatic heterocycles. The van der Waals surface area contributed by atoms with E-state index < -0.39 is 11.7 Å². The van der Waals surface area contributed by atoms with Gasteiger partial charge in [0.1, 0.15) is 0 Å². The van der Waals surface area contributed by atoms with Gasteiger partial charge in [-0.2, -0.15) is 18.3 Å². The fourth-order valence-corrected chi connectivity index (χ4v) is 1.64. The number of nitrogens with zero attached hydrogens (tertiary/aromatic N) is 2. The van der Waals surface area contributed by atoms with Gasteiger partial charge in [0.05, 0.1) is 17.8 Å². The average molecular weight is 269 g/mol. The van der Waals surface area contributed by atoms with E-state index in [0.717, 1.165) is 18.1 Å². The zero-order chi connectivity index (χ0) is 13.9. The van der Waals surface area contributed by atoms with Crippen LogP contribution in [0.2, 0.25) is 0 Å². The lowest BCUT2D eigenvalue weighted by molar-refractivity contribution is -0.137. The molecule has 1 heterocycles. The first-order valence-electron chi connectivity index (χ1n) is 5.87. The minimum absolute atomic E-state index is 0.170. The van der Waals surface area contributed by atoms with Crippen molar-refractivity contribution in [2.75, 3.05) is 11.9 Å². The SMILES string of the molecule is CC(CNc1ccccc1)n1cc(C(F)(F)F)cn1. The molecule has 1 N–H and O–H groups in total. The van der Waals surface area contributed by atoms with Crippen molar-refractivity contribution in [3.63, 3.8) is 0 Å². The molecule has 0 fully saturated rings. The fraction of sp³-hybridized carbons (Fsp3) is 0.308. The zero-order valence-electron chi connectivity index (χ0n) is 10.4. The number of nitrogens with one attached hydrogen (secondary N) is 1. The monoisotopic (exact) mass is 269 g/mol. The summed E-state index contributed by atoms with van der Waals surface area (Å²) in [6.07, 6.45) is -2.47. The third kappa shape index (κ3) is 3.49. The lowest BCUT2D eigenvalue weighted by Crippen LogP contribution is -2.16. The average Bonchev–Trinajstić information content (AvgIpc) is 2.87. The smallest absolute Gasteiger partial charge is 0.383 e. The lowest BCUT2D eigenvalue weighted by atomic mass is 10.3. The van der Waals surface area contributed by atoms with Crippen LogP contribution >= 0.6 is 0 Å². The molecule has 6 heteroatoms. The van der Waals surface area contributed by atoms with E-state index in [9.17, 15) is 13.2 Å². The summed E-state index contributed by atoms with van der Waals surface area (Å²) in [5.41, 5.74) is 0.205. The molecule has 3 nitrogen and oxygen atoms in total. The molecule has 1 aromatic carbocycles. The van der Waals surface area contributed by atoms with Crippen LogP contribution in [0.5, 0.6) is 0 Å². The molecular formula is C13H14F3N3. The Kier molecular flexibility index (Phi) is 3.78. The molecule has 1 aromatic heterocycles. The van der Waals surface area contributed by atoms with E-state index in [1.54, 1.807) is 0 Å². The first-order valence-corrected chi connectivity index (χ1v) is 5.87. The molecule has 0 radical (unpaired) electrons. The number of para-hydroxylation sites is 1. The number of alkyl halides is 3. The summed E-state index contributed by atoms with van der Waals surface area (Å²) in [4.78, 5) is 0. The van der Waals surface area contributed by atoms with Crippen molar-refractivity contribution in [2.45, 2.75) is 19.1 Å². The highest BCUT2D eigenvalue weighted by atomic mass is 19.4. The highest BCUT2D eigenvalue weighted by molar-refractivity contribution is 5.42. The van der Waals surface area contributed by atoms with Gasteiger partial charge in [0.2, 0.25) is 0 Å². The number of anilines is 1. The third-order valence-electron chi connectivity index (χ3n) is 2.76. The van der Waals surface area contributed by atoms with Gasteiger partial charge in [0, 0.05) is 18.4 Å². The predicted molar refractivity (Wildman–Crippen MR) is 66.9 cm³/mol. The van der Waals surface area contributed by atoms with Crippen LogP contribution in [0, 0.1) is 0 Å². The number of benzene rings is 1. The van der Waals surface area contributed by atoms with Gasteiger partial charge >= 0.3 is 6.18 Å². The number of halogens is 3. The maximum Gasteiger partial charge on any atom is 0.419 e. The van der Waals surface area contributed by atoms with Crippen LogP contribution in [0.1, 0.15) is 18.5 Å². The largest absolute Gasteiger partial charge is 0.419 e. The van der Waals surface area contributed by atoms with Crippen LogP contribution in [0.15, 0.2) is 42.7 Å². The summed E-state index contributed by atoms with van der Waals surface area (Å²) < 4.78 is 38.7. The van der Waals surface area contributed by atoms with Crippen molar-refractivity contribution in [1.29, 1.82) is 0 Å². The Hall–Kier alpha value is -1.98. The molecule has 0 amide bonds. The third-order valence-corrected chi connectivity index (χ3v) is 2.76. The Balaban J connectivity index is 1.97. The van der Waals surface area contributed by atoms with Crippen LogP contribution in [-0.2, 0) is 6.18 Å². The molecule has 102 valence electrons. The normalized spacial score (nSPS) is 13.3. The quantitative estimate of drug-likeness (QED) is 0.919. The molecule has 2 rings (SSSR count). The maximum atomic E-state index is 12.4. The summed E-state index contributed by atoms with van der Waals surface area (Å²) >= 11 is 0. The summed E-state index contributed by atoms with van der Waals surface area (Å²) in [5.74, 6) is 0. The van der Waals surface area contributed by atoms with Crippen molar-refractivity contribution >= 4 is 5.69 Å². The zero-order valence-corrected chi connectivity index (χ0v) is 10.4. The number of hydrogen-bond donors (Lipinski definition) is 1. The molecule has 1 unspecified atom stereocenters.